The fourth-order valence-corrected chi connectivity index (χ4v) is 4.64. The van der Waals surface area contributed by atoms with Crippen LogP contribution in [0.4, 0.5) is 17.6 Å². The highest BCUT2D eigenvalue weighted by Crippen LogP contribution is 2.34. The highest BCUT2D eigenvalue weighted by atomic mass is 19.4. The number of carboxylic acids is 1. The average molecular weight is 560 g/mol. The highest BCUT2D eigenvalue weighted by molar-refractivity contribution is 5.96. The molecule has 214 valence electrons. The average Bonchev–Trinajstić information content (AvgIpc) is 2.85. The van der Waals surface area contributed by atoms with Gasteiger partial charge in [0.05, 0.1) is 11.6 Å². The molecule has 1 unspecified atom stereocenters. The predicted octanol–water partition coefficient (Wildman–Crippen LogP) is 7.57. The van der Waals surface area contributed by atoms with Crippen LogP contribution in [0, 0.1) is 25.6 Å². The van der Waals surface area contributed by atoms with Gasteiger partial charge in [-0.15, -0.1) is 0 Å². The molecule has 0 saturated carbocycles. The van der Waals surface area contributed by atoms with E-state index in [2.05, 4.69) is 5.32 Å². The number of carboxylic acid groups (broad SMARTS) is 1. The zero-order valence-electron chi connectivity index (χ0n) is 22.9. The normalized spacial score (nSPS) is 12.3. The van der Waals surface area contributed by atoms with Gasteiger partial charge in [0.2, 0.25) is 0 Å². The van der Waals surface area contributed by atoms with Crippen molar-refractivity contribution in [1.82, 2.24) is 5.32 Å². The monoisotopic (exact) mass is 559 g/mol. The quantitative estimate of drug-likeness (QED) is 0.238. The summed E-state index contributed by atoms with van der Waals surface area (Å²) < 4.78 is 60.0. The topological polar surface area (TPSA) is 75.6 Å². The molecule has 9 heteroatoms. The fourth-order valence-electron chi connectivity index (χ4n) is 4.64. The maximum atomic E-state index is 14.3. The minimum Gasteiger partial charge on any atom is -0.489 e. The lowest BCUT2D eigenvalue weighted by molar-refractivity contribution is -0.139. The van der Waals surface area contributed by atoms with Gasteiger partial charge >= 0.3 is 12.1 Å². The van der Waals surface area contributed by atoms with E-state index in [1.54, 1.807) is 0 Å². The van der Waals surface area contributed by atoms with Gasteiger partial charge in [-0.1, -0.05) is 55.3 Å². The second-order valence-corrected chi connectivity index (χ2v) is 10.3. The van der Waals surface area contributed by atoms with Crippen molar-refractivity contribution in [2.24, 2.45) is 5.92 Å². The Hall–Kier alpha value is -3.88. The zero-order valence-corrected chi connectivity index (χ0v) is 22.9. The lowest BCUT2D eigenvalue weighted by Crippen LogP contribution is -2.30. The molecule has 0 aliphatic carbocycles. The van der Waals surface area contributed by atoms with Crippen LogP contribution in [-0.2, 0) is 24.0 Å². The number of carbonyl (C=O) groups excluding carboxylic acids is 1. The lowest BCUT2D eigenvalue weighted by atomic mass is 9.93. The minimum atomic E-state index is -4.77. The molecule has 5 nitrogen and oxygen atoms in total. The second kappa shape index (κ2) is 13.0. The van der Waals surface area contributed by atoms with Crippen molar-refractivity contribution in [1.29, 1.82) is 0 Å². The number of amides is 1. The Kier molecular flexibility index (Phi) is 9.95. The molecule has 1 atom stereocenters. The van der Waals surface area contributed by atoms with Crippen LogP contribution in [0.25, 0.3) is 0 Å². The Morgan fingerprint density at radius 2 is 1.68 bits per heavy atom. The van der Waals surface area contributed by atoms with Gasteiger partial charge in [-0.05, 0) is 68.0 Å². The molecule has 0 fully saturated rings. The maximum Gasteiger partial charge on any atom is 0.416 e. The van der Waals surface area contributed by atoms with Crippen molar-refractivity contribution >= 4 is 11.9 Å². The van der Waals surface area contributed by atoms with Crippen LogP contribution in [0.1, 0.15) is 76.5 Å². The largest absolute Gasteiger partial charge is 0.489 e. The molecule has 3 aromatic rings. The molecule has 0 aromatic heterocycles. The summed E-state index contributed by atoms with van der Waals surface area (Å²) >= 11 is 0. The minimum absolute atomic E-state index is 0.0485. The van der Waals surface area contributed by atoms with Crippen LogP contribution < -0.4 is 10.1 Å². The highest BCUT2D eigenvalue weighted by Gasteiger charge is 2.34. The molecule has 0 saturated heterocycles. The first-order valence-electron chi connectivity index (χ1n) is 13.0. The van der Waals surface area contributed by atoms with Crippen molar-refractivity contribution in [2.75, 3.05) is 0 Å². The molecule has 3 rings (SSSR count). The molecule has 1 amide bonds. The van der Waals surface area contributed by atoms with Crippen molar-refractivity contribution in [3.63, 3.8) is 0 Å². The van der Waals surface area contributed by atoms with Crippen LogP contribution in [-0.4, -0.2) is 17.0 Å². The molecule has 0 aliphatic rings. The Labute approximate surface area is 231 Å². The molecule has 0 spiro atoms. The predicted molar refractivity (Wildman–Crippen MR) is 144 cm³/mol. The Balaban J connectivity index is 1.94. The van der Waals surface area contributed by atoms with Gasteiger partial charge in [0.15, 0.2) is 0 Å². The van der Waals surface area contributed by atoms with E-state index in [0.29, 0.717) is 12.0 Å². The third-order valence-electron chi connectivity index (χ3n) is 6.40. The van der Waals surface area contributed by atoms with Crippen LogP contribution in [0.5, 0.6) is 5.75 Å². The number of ether oxygens (including phenoxy) is 1. The van der Waals surface area contributed by atoms with Gasteiger partial charge in [0.25, 0.3) is 5.91 Å². The summed E-state index contributed by atoms with van der Waals surface area (Å²) in [5, 5.41) is 12.2. The third kappa shape index (κ3) is 8.31. The molecular weight excluding hydrogens is 526 g/mol. The molecular formula is C31H33F4NO4. The molecule has 40 heavy (non-hydrogen) atoms. The number of aryl methyl sites for hydroxylation is 3. The first-order chi connectivity index (χ1) is 18.7. The van der Waals surface area contributed by atoms with E-state index in [-0.39, 0.29) is 36.1 Å². The number of benzene rings is 3. The summed E-state index contributed by atoms with van der Waals surface area (Å²) in [7, 11) is 0. The van der Waals surface area contributed by atoms with Gasteiger partial charge in [-0.3, -0.25) is 9.59 Å². The van der Waals surface area contributed by atoms with Crippen LogP contribution in [0.2, 0.25) is 0 Å². The lowest BCUT2D eigenvalue weighted by Gasteiger charge is -2.23. The summed E-state index contributed by atoms with van der Waals surface area (Å²) in [6.07, 6.45) is -4.30. The van der Waals surface area contributed by atoms with Crippen molar-refractivity contribution in [2.45, 2.75) is 65.8 Å². The molecule has 3 aromatic carbocycles. The summed E-state index contributed by atoms with van der Waals surface area (Å²) in [5.41, 5.74) is 1.80. The van der Waals surface area contributed by atoms with E-state index >= 15 is 0 Å². The van der Waals surface area contributed by atoms with Crippen LogP contribution in [0.3, 0.4) is 0 Å². The zero-order chi connectivity index (χ0) is 29.6. The molecule has 0 aliphatic heterocycles. The van der Waals surface area contributed by atoms with Gasteiger partial charge in [0, 0.05) is 17.5 Å². The maximum absolute atomic E-state index is 14.3. The Morgan fingerprint density at radius 1 is 1.00 bits per heavy atom. The van der Waals surface area contributed by atoms with Crippen molar-refractivity contribution in [3.8, 4) is 5.75 Å². The van der Waals surface area contributed by atoms with Gasteiger partial charge in [-0.2, -0.15) is 13.2 Å². The van der Waals surface area contributed by atoms with Crippen molar-refractivity contribution in [3.05, 3.63) is 99.4 Å². The van der Waals surface area contributed by atoms with E-state index in [1.165, 1.54) is 18.2 Å². The standard InChI is InChI=1S/C31H33F4NO4/c1-18(2)12-28(22-14-19(3)13-20(4)15-22)36-30(39)24-16-23(10-8-21(24)9-11-29(37)38)40-17-25-26(31(33,34)35)6-5-7-27(25)32/h5-8,10,13-16,18,28H,9,11-12,17H2,1-4H3,(H,36,39)(H,37,38). The van der Waals surface area contributed by atoms with Gasteiger partial charge in [0.1, 0.15) is 18.2 Å². The number of alkyl halides is 3. The number of rotatable bonds is 11. The number of nitrogens with one attached hydrogen (secondary N) is 1. The molecule has 0 radical (unpaired) electrons. The molecule has 0 heterocycles. The SMILES string of the molecule is Cc1cc(C)cc(C(CC(C)C)NC(=O)c2cc(OCc3c(F)cccc3C(F)(F)F)ccc2CCC(=O)O)c1. The summed E-state index contributed by atoms with van der Waals surface area (Å²) in [4.78, 5) is 24.8. The first-order valence-corrected chi connectivity index (χ1v) is 13.0. The van der Waals surface area contributed by atoms with E-state index in [4.69, 9.17) is 4.74 Å². The van der Waals surface area contributed by atoms with E-state index in [0.717, 1.165) is 34.9 Å². The Morgan fingerprint density at radius 3 is 2.27 bits per heavy atom. The van der Waals surface area contributed by atoms with Gasteiger partial charge in [-0.25, -0.2) is 4.39 Å². The molecule has 2 N–H and O–H groups in total. The first kappa shape index (κ1) is 30.7. The number of hydrogen-bond acceptors (Lipinski definition) is 3. The van der Waals surface area contributed by atoms with Gasteiger partial charge < -0.3 is 15.2 Å². The second-order valence-electron chi connectivity index (χ2n) is 10.3. The smallest absolute Gasteiger partial charge is 0.416 e. The Bertz CT molecular complexity index is 1350. The summed E-state index contributed by atoms with van der Waals surface area (Å²) in [5.74, 6) is -2.28. The number of halogens is 4. The number of carbonyl (C=O) groups is 2. The number of hydrogen-bond donors (Lipinski definition) is 2. The fraction of sp³-hybridized carbons (Fsp3) is 0.355. The van der Waals surface area contributed by atoms with E-state index in [1.807, 2.05) is 45.9 Å². The van der Waals surface area contributed by atoms with Crippen LogP contribution in [0.15, 0.2) is 54.6 Å². The van der Waals surface area contributed by atoms with E-state index < -0.39 is 41.6 Å². The van der Waals surface area contributed by atoms with E-state index in [9.17, 15) is 32.3 Å². The van der Waals surface area contributed by atoms with Crippen LogP contribution >= 0.6 is 0 Å². The number of aliphatic carboxylic acids is 1. The molecule has 0 bridgehead atoms. The summed E-state index contributed by atoms with van der Waals surface area (Å²) in [6, 6.07) is 12.7. The third-order valence-corrected chi connectivity index (χ3v) is 6.40. The summed E-state index contributed by atoms with van der Waals surface area (Å²) in [6.45, 7) is 7.29. The van der Waals surface area contributed by atoms with Crippen molar-refractivity contribution < 1.29 is 37.0 Å².